The maximum atomic E-state index is 14.6. The molecule has 0 spiro atoms. The van der Waals surface area contributed by atoms with Gasteiger partial charge in [0, 0.05) is 37.6 Å². The van der Waals surface area contributed by atoms with Gasteiger partial charge in [0.1, 0.15) is 36.8 Å². The molecule has 10 atom stereocenters. The van der Waals surface area contributed by atoms with Crippen LogP contribution in [0.2, 0.25) is 0 Å². The molecule has 0 saturated carbocycles. The molecule has 5 aromatic carbocycles. The van der Waals surface area contributed by atoms with E-state index in [9.17, 15) is 19.2 Å². The first-order chi connectivity index (χ1) is 39.8. The third-order valence-corrected chi connectivity index (χ3v) is 14.3. The maximum absolute atomic E-state index is 14.6. The summed E-state index contributed by atoms with van der Waals surface area (Å²) in [6, 6.07) is 48.1. The summed E-state index contributed by atoms with van der Waals surface area (Å²) in [5.41, 5.74) is 12.3. The minimum absolute atomic E-state index is 0.00232. The van der Waals surface area contributed by atoms with Gasteiger partial charge in [0.05, 0.1) is 43.9 Å². The van der Waals surface area contributed by atoms with Crippen LogP contribution >= 0.6 is 0 Å². The third kappa shape index (κ3) is 19.6. The van der Waals surface area contributed by atoms with Gasteiger partial charge in [-0.3, -0.25) is 9.59 Å². The van der Waals surface area contributed by atoms with E-state index < -0.39 is 84.9 Å². The van der Waals surface area contributed by atoms with Gasteiger partial charge in [-0.2, -0.15) is 0 Å². The van der Waals surface area contributed by atoms with E-state index in [-0.39, 0.29) is 64.6 Å². The smallest absolute Gasteiger partial charge is 0.410 e. The molecule has 2 saturated heterocycles. The molecular formula is C64H78N4O14. The predicted octanol–water partition coefficient (Wildman–Crippen LogP) is 11.6. The van der Waals surface area contributed by atoms with Crippen LogP contribution in [-0.2, 0) is 94.7 Å². The summed E-state index contributed by atoms with van der Waals surface area (Å²) in [5, 5.41) is 3.67. The van der Waals surface area contributed by atoms with E-state index in [0.29, 0.717) is 32.4 Å². The van der Waals surface area contributed by atoms with Crippen LogP contribution in [0.25, 0.3) is 10.4 Å². The Hall–Kier alpha value is -6.99. The van der Waals surface area contributed by atoms with Crippen molar-refractivity contribution in [2.75, 3.05) is 19.7 Å². The van der Waals surface area contributed by atoms with E-state index >= 15 is 0 Å². The number of hydrogen-bond acceptors (Lipinski definition) is 15. The van der Waals surface area contributed by atoms with E-state index in [1.807, 2.05) is 159 Å². The lowest BCUT2D eigenvalue weighted by molar-refractivity contribution is -0.372. The number of nitrogens with zero attached hydrogens (tertiary/aromatic N) is 4. The fourth-order valence-corrected chi connectivity index (χ4v) is 9.58. The fourth-order valence-electron chi connectivity index (χ4n) is 9.58. The Balaban J connectivity index is 1.19. The Bertz CT molecular complexity index is 2760. The highest BCUT2D eigenvalue weighted by Gasteiger charge is 2.55. The van der Waals surface area contributed by atoms with Crippen molar-refractivity contribution in [1.82, 2.24) is 4.90 Å². The molecule has 0 aliphatic carbocycles. The SMILES string of the molecule is CC(=O)CCC(=O)O[C@@H]1[C@@H](OCc2ccccc2)[C@H](C)O[C@@H](O[C@H]2[C@H](OCCCCCN(Cc3ccccc3)C(=O)OCc3ccccc3)O[C@@H](C)[C@H](OCc3ccccc3)[C@H]2OCc2ccccc2)[C@@H]1OC(=O)C(C)(C)CCN=[N+]=[N-]. The van der Waals surface area contributed by atoms with Gasteiger partial charge in [-0.15, -0.1) is 0 Å². The molecule has 2 aliphatic rings. The maximum Gasteiger partial charge on any atom is 0.410 e. The van der Waals surface area contributed by atoms with Gasteiger partial charge < -0.3 is 57.1 Å². The summed E-state index contributed by atoms with van der Waals surface area (Å²) in [5.74, 6) is -1.67. The summed E-state index contributed by atoms with van der Waals surface area (Å²) >= 11 is 0. The molecule has 0 N–H and O–H groups in total. The van der Waals surface area contributed by atoms with Crippen LogP contribution in [0.5, 0.6) is 0 Å². The molecular weight excluding hydrogens is 1050 g/mol. The molecule has 2 aliphatic heterocycles. The van der Waals surface area contributed by atoms with Crippen LogP contribution < -0.4 is 0 Å². The zero-order chi connectivity index (χ0) is 58.1. The predicted molar refractivity (Wildman–Crippen MR) is 304 cm³/mol. The Morgan fingerprint density at radius 3 is 1.57 bits per heavy atom. The van der Waals surface area contributed by atoms with Crippen LogP contribution in [0.1, 0.15) is 101 Å². The highest BCUT2D eigenvalue weighted by atomic mass is 16.8. The van der Waals surface area contributed by atoms with Crippen molar-refractivity contribution < 1.29 is 66.5 Å². The van der Waals surface area contributed by atoms with Gasteiger partial charge >= 0.3 is 18.0 Å². The minimum Gasteiger partial charge on any atom is -0.455 e. The number of benzene rings is 5. The second-order valence-electron chi connectivity index (χ2n) is 21.3. The Morgan fingerprint density at radius 1 is 0.561 bits per heavy atom. The van der Waals surface area contributed by atoms with Gasteiger partial charge in [-0.25, -0.2) is 4.79 Å². The molecule has 1 amide bonds. The molecule has 0 radical (unpaired) electrons. The summed E-state index contributed by atoms with van der Waals surface area (Å²) < 4.78 is 66.1. The molecule has 7 rings (SSSR count). The number of esters is 2. The average Bonchev–Trinajstić information content (AvgIpc) is 3.67. The standard InChI is InChI=1S/C64H78N4O14/c1-45(69)34-35-53(70)80-57-55(75-42-50-28-16-8-17-29-50)47(3)79-61(59(57)82-62(71)64(4,5)36-37-66-67-65)81-58-56(76-43-51-30-18-9-19-31-51)54(74-41-49-26-14-7-15-27-49)46(2)78-60(58)73-39-23-11-22-38-68(40-48-24-12-6-13-25-48)63(72)77-44-52-32-20-10-21-33-52/h6-10,12-21,24-33,46-47,54-61H,11,22-23,34-44H2,1-5H3/t46-,47-,54-,55-,56+,57+,58+,59+,60+,61-/m0/s1. The topological polar surface area (TPSA) is 213 Å². The molecule has 18 heteroatoms. The van der Waals surface area contributed by atoms with Crippen LogP contribution in [0.4, 0.5) is 4.79 Å². The first kappa shape index (κ1) is 62.6. The van der Waals surface area contributed by atoms with Crippen molar-refractivity contribution in [2.45, 2.75) is 168 Å². The first-order valence-corrected chi connectivity index (χ1v) is 28.2. The fraction of sp³-hybridized carbons (Fsp3) is 0.469. The number of rotatable bonds is 31. The number of hydrogen-bond donors (Lipinski definition) is 0. The van der Waals surface area contributed by atoms with Gasteiger partial charge in [0.25, 0.3) is 0 Å². The summed E-state index contributed by atoms with van der Waals surface area (Å²) in [7, 11) is 0. The molecule has 2 fully saturated rings. The van der Waals surface area contributed by atoms with Crippen LogP contribution in [0.15, 0.2) is 157 Å². The van der Waals surface area contributed by atoms with Crippen molar-refractivity contribution in [2.24, 2.45) is 10.5 Å². The average molecular weight is 1130 g/mol. The zero-order valence-electron chi connectivity index (χ0n) is 47.6. The molecule has 0 bridgehead atoms. The Labute approximate surface area is 481 Å². The third-order valence-electron chi connectivity index (χ3n) is 14.3. The van der Waals surface area contributed by atoms with Crippen LogP contribution in [0, 0.1) is 5.41 Å². The van der Waals surface area contributed by atoms with Crippen molar-refractivity contribution in [3.05, 3.63) is 190 Å². The van der Waals surface area contributed by atoms with Gasteiger partial charge in [0.2, 0.25) is 0 Å². The highest BCUT2D eigenvalue weighted by Crippen LogP contribution is 2.37. The normalized spacial score (nSPS) is 22.5. The van der Waals surface area contributed by atoms with Crippen molar-refractivity contribution in [3.63, 3.8) is 0 Å². The number of amides is 1. The van der Waals surface area contributed by atoms with Crippen molar-refractivity contribution in [3.8, 4) is 0 Å². The van der Waals surface area contributed by atoms with Crippen LogP contribution in [0.3, 0.4) is 0 Å². The second kappa shape index (κ2) is 32.6. The van der Waals surface area contributed by atoms with Crippen LogP contribution in [-0.4, -0.2) is 110 Å². The van der Waals surface area contributed by atoms with E-state index in [4.69, 9.17) is 52.9 Å². The number of Topliss-reactive ketones (excluding diaryl/α,β-unsaturated/α-hetero) is 1. The number of ether oxygens (including phenoxy) is 10. The van der Waals surface area contributed by atoms with Crippen molar-refractivity contribution in [1.29, 1.82) is 0 Å². The summed E-state index contributed by atoms with van der Waals surface area (Å²) in [4.78, 5) is 58.7. The second-order valence-corrected chi connectivity index (χ2v) is 21.3. The van der Waals surface area contributed by atoms with E-state index in [0.717, 1.165) is 27.8 Å². The molecule has 82 heavy (non-hydrogen) atoms. The monoisotopic (exact) mass is 1130 g/mol. The summed E-state index contributed by atoms with van der Waals surface area (Å²) in [6.07, 6.45) is -9.60. The molecule has 2 heterocycles. The molecule has 438 valence electrons. The lowest BCUT2D eigenvalue weighted by atomic mass is 9.89. The Kier molecular flexibility index (Phi) is 24.9. The first-order valence-electron chi connectivity index (χ1n) is 28.2. The molecule has 0 unspecified atom stereocenters. The molecule has 5 aromatic rings. The highest BCUT2D eigenvalue weighted by molar-refractivity contribution is 5.81. The van der Waals surface area contributed by atoms with Crippen molar-refractivity contribution >= 4 is 23.8 Å². The lowest BCUT2D eigenvalue weighted by Gasteiger charge is -2.49. The van der Waals surface area contributed by atoms with Gasteiger partial charge in [-0.05, 0) is 93.7 Å². The number of carbonyl (C=O) groups excluding carboxylic acids is 4. The largest absolute Gasteiger partial charge is 0.455 e. The zero-order valence-corrected chi connectivity index (χ0v) is 47.6. The number of azide groups is 1. The number of carbonyl (C=O) groups is 4. The number of ketones is 1. The summed E-state index contributed by atoms with van der Waals surface area (Å²) in [6.45, 7) is 9.88. The quantitative estimate of drug-likeness (QED) is 0.0101. The molecule has 0 aromatic heterocycles. The van der Waals surface area contributed by atoms with Gasteiger partial charge in [0.15, 0.2) is 24.8 Å². The minimum atomic E-state index is -1.50. The Morgan fingerprint density at radius 2 is 1.05 bits per heavy atom. The lowest BCUT2D eigenvalue weighted by Crippen LogP contribution is -2.65. The van der Waals surface area contributed by atoms with E-state index in [2.05, 4.69) is 10.0 Å². The van der Waals surface area contributed by atoms with E-state index in [1.165, 1.54) is 6.92 Å². The van der Waals surface area contributed by atoms with E-state index in [1.54, 1.807) is 25.7 Å². The number of unbranched alkanes of at least 4 members (excludes halogenated alkanes) is 2. The molecule has 18 nitrogen and oxygen atoms in total. The van der Waals surface area contributed by atoms with Gasteiger partial charge in [-0.1, -0.05) is 157 Å².